The Kier molecular flexibility index (Phi) is 4.22. The molecule has 1 fully saturated rings. The molecule has 1 amide bonds. The molecule has 0 bridgehead atoms. The fraction of sp³-hybridized carbons (Fsp3) is 0.375. The summed E-state index contributed by atoms with van der Waals surface area (Å²) < 4.78 is 5.26. The molecule has 2 aromatic rings. The normalized spacial score (nSPS) is 21.0. The molecular formula is C16H20N4O2. The molecule has 0 spiro atoms. The second-order valence-corrected chi connectivity index (χ2v) is 5.65. The highest BCUT2D eigenvalue weighted by Gasteiger charge is 2.41. The van der Waals surface area contributed by atoms with E-state index in [0.29, 0.717) is 13.2 Å². The minimum atomic E-state index is -0.487. The minimum Gasteiger partial charge on any atom is -0.384 e. The first kappa shape index (κ1) is 14.7. The van der Waals surface area contributed by atoms with Gasteiger partial charge in [0.2, 0.25) is 5.91 Å². The number of carbonyl (C=O) groups is 1. The number of rotatable bonds is 5. The molecular weight excluding hydrogens is 280 g/mol. The van der Waals surface area contributed by atoms with Crippen LogP contribution < -0.4 is 10.6 Å². The van der Waals surface area contributed by atoms with Crippen LogP contribution in [0.15, 0.2) is 36.5 Å². The SMILES string of the molecule is COCC1(C(=O)Nc2cccc(-c3ccn[nH]3)c2)CCNC1. The highest BCUT2D eigenvalue weighted by atomic mass is 16.5. The zero-order valence-electron chi connectivity index (χ0n) is 12.6. The van der Waals surface area contributed by atoms with E-state index in [-0.39, 0.29) is 5.91 Å². The molecule has 1 aliphatic rings. The number of hydrogen-bond acceptors (Lipinski definition) is 4. The van der Waals surface area contributed by atoms with Crippen LogP contribution in [0.25, 0.3) is 11.3 Å². The highest BCUT2D eigenvalue weighted by Crippen LogP contribution is 2.28. The van der Waals surface area contributed by atoms with Crippen molar-refractivity contribution in [3.63, 3.8) is 0 Å². The van der Waals surface area contributed by atoms with E-state index in [4.69, 9.17) is 4.74 Å². The Hall–Kier alpha value is -2.18. The largest absolute Gasteiger partial charge is 0.384 e. The monoisotopic (exact) mass is 300 g/mol. The smallest absolute Gasteiger partial charge is 0.234 e. The molecule has 0 saturated carbocycles. The van der Waals surface area contributed by atoms with Gasteiger partial charge in [-0.15, -0.1) is 0 Å². The molecule has 3 N–H and O–H groups in total. The van der Waals surface area contributed by atoms with Gasteiger partial charge < -0.3 is 15.4 Å². The van der Waals surface area contributed by atoms with Crippen LogP contribution in [0.3, 0.4) is 0 Å². The summed E-state index contributed by atoms with van der Waals surface area (Å²) in [5.41, 5.74) is 2.20. The van der Waals surface area contributed by atoms with E-state index >= 15 is 0 Å². The van der Waals surface area contributed by atoms with Gasteiger partial charge in [0.05, 0.1) is 17.7 Å². The van der Waals surface area contributed by atoms with Gasteiger partial charge in [-0.3, -0.25) is 9.89 Å². The first-order chi connectivity index (χ1) is 10.7. The number of amides is 1. The third-order valence-electron chi connectivity index (χ3n) is 4.08. The Morgan fingerprint density at radius 3 is 3.05 bits per heavy atom. The fourth-order valence-corrected chi connectivity index (χ4v) is 2.85. The number of methoxy groups -OCH3 is 1. The molecule has 2 heterocycles. The van der Waals surface area contributed by atoms with E-state index in [1.807, 2.05) is 30.3 Å². The highest BCUT2D eigenvalue weighted by molar-refractivity contribution is 5.96. The quantitative estimate of drug-likeness (QED) is 0.784. The number of H-pyrrole nitrogens is 1. The molecule has 6 nitrogen and oxygen atoms in total. The zero-order chi connectivity index (χ0) is 15.4. The number of nitrogens with zero attached hydrogens (tertiary/aromatic N) is 1. The lowest BCUT2D eigenvalue weighted by atomic mass is 9.87. The number of hydrogen-bond donors (Lipinski definition) is 3. The van der Waals surface area contributed by atoms with E-state index in [1.165, 1.54) is 0 Å². The number of benzene rings is 1. The zero-order valence-corrected chi connectivity index (χ0v) is 12.6. The second-order valence-electron chi connectivity index (χ2n) is 5.65. The lowest BCUT2D eigenvalue weighted by molar-refractivity contribution is -0.127. The molecule has 6 heteroatoms. The van der Waals surface area contributed by atoms with Crippen molar-refractivity contribution in [3.05, 3.63) is 36.5 Å². The van der Waals surface area contributed by atoms with Crippen LogP contribution in [0.5, 0.6) is 0 Å². The summed E-state index contributed by atoms with van der Waals surface area (Å²) in [6, 6.07) is 9.62. The van der Waals surface area contributed by atoms with Gasteiger partial charge in [-0.05, 0) is 31.2 Å². The Morgan fingerprint density at radius 1 is 1.45 bits per heavy atom. The van der Waals surface area contributed by atoms with Gasteiger partial charge in [-0.1, -0.05) is 12.1 Å². The lowest BCUT2D eigenvalue weighted by Crippen LogP contribution is -2.41. The maximum Gasteiger partial charge on any atom is 0.234 e. The van der Waals surface area contributed by atoms with E-state index in [2.05, 4.69) is 20.8 Å². The van der Waals surface area contributed by atoms with Gasteiger partial charge in [0.1, 0.15) is 0 Å². The molecule has 1 aromatic carbocycles. The summed E-state index contributed by atoms with van der Waals surface area (Å²) >= 11 is 0. The summed E-state index contributed by atoms with van der Waals surface area (Å²) in [7, 11) is 1.63. The van der Waals surface area contributed by atoms with Gasteiger partial charge in [-0.25, -0.2) is 0 Å². The topological polar surface area (TPSA) is 79.0 Å². The molecule has 0 radical (unpaired) electrons. The number of aromatic nitrogens is 2. The third kappa shape index (κ3) is 2.88. The Balaban J connectivity index is 1.78. The van der Waals surface area contributed by atoms with Crippen molar-refractivity contribution < 1.29 is 9.53 Å². The van der Waals surface area contributed by atoms with Crippen molar-refractivity contribution >= 4 is 11.6 Å². The predicted molar refractivity (Wildman–Crippen MR) is 84.4 cm³/mol. The van der Waals surface area contributed by atoms with Crippen molar-refractivity contribution in [3.8, 4) is 11.3 Å². The van der Waals surface area contributed by atoms with Gasteiger partial charge in [0.25, 0.3) is 0 Å². The molecule has 116 valence electrons. The molecule has 0 aliphatic carbocycles. The molecule has 1 unspecified atom stereocenters. The number of ether oxygens (including phenoxy) is 1. The molecule has 1 aliphatic heterocycles. The molecule has 1 atom stereocenters. The van der Waals surface area contributed by atoms with Crippen LogP contribution in [0.2, 0.25) is 0 Å². The summed E-state index contributed by atoms with van der Waals surface area (Å²) in [5, 5.41) is 13.1. The number of anilines is 1. The van der Waals surface area contributed by atoms with Crippen molar-refractivity contribution in [1.29, 1.82) is 0 Å². The van der Waals surface area contributed by atoms with Gasteiger partial charge in [0, 0.05) is 31.1 Å². The standard InChI is InChI=1S/C16H20N4O2/c1-22-11-16(6-8-17-10-16)15(21)19-13-4-2-3-12(9-13)14-5-7-18-20-14/h2-5,7,9,17H,6,8,10-11H2,1H3,(H,18,20)(H,19,21). The summed E-state index contributed by atoms with van der Waals surface area (Å²) in [5.74, 6) is 0.00103. The molecule has 22 heavy (non-hydrogen) atoms. The Bertz CT molecular complexity index is 633. The lowest BCUT2D eigenvalue weighted by Gasteiger charge is -2.26. The van der Waals surface area contributed by atoms with Crippen LogP contribution in [0.4, 0.5) is 5.69 Å². The van der Waals surface area contributed by atoms with E-state index < -0.39 is 5.41 Å². The summed E-state index contributed by atoms with van der Waals surface area (Å²) in [6.45, 7) is 1.91. The number of aromatic amines is 1. The molecule has 1 aromatic heterocycles. The average Bonchev–Trinajstić information content (AvgIpc) is 3.20. The number of nitrogens with one attached hydrogen (secondary N) is 3. The van der Waals surface area contributed by atoms with E-state index in [1.54, 1.807) is 13.3 Å². The molecule has 3 rings (SSSR count). The van der Waals surface area contributed by atoms with Crippen molar-refractivity contribution in [2.45, 2.75) is 6.42 Å². The summed E-state index contributed by atoms with van der Waals surface area (Å²) in [6.07, 6.45) is 2.49. The van der Waals surface area contributed by atoms with Crippen molar-refractivity contribution in [2.75, 3.05) is 32.1 Å². The van der Waals surface area contributed by atoms with E-state index in [9.17, 15) is 4.79 Å². The molecule has 1 saturated heterocycles. The second kappa shape index (κ2) is 6.29. The number of carbonyl (C=O) groups excluding carboxylic acids is 1. The first-order valence-electron chi connectivity index (χ1n) is 7.34. The third-order valence-corrected chi connectivity index (χ3v) is 4.08. The fourth-order valence-electron chi connectivity index (χ4n) is 2.85. The maximum absolute atomic E-state index is 12.7. The van der Waals surface area contributed by atoms with Crippen LogP contribution in [-0.2, 0) is 9.53 Å². The Labute approximate surface area is 129 Å². The average molecular weight is 300 g/mol. The maximum atomic E-state index is 12.7. The summed E-state index contributed by atoms with van der Waals surface area (Å²) in [4.78, 5) is 12.7. The van der Waals surface area contributed by atoms with Gasteiger partial charge in [-0.2, -0.15) is 5.10 Å². The first-order valence-corrected chi connectivity index (χ1v) is 7.34. The Morgan fingerprint density at radius 2 is 2.36 bits per heavy atom. The van der Waals surface area contributed by atoms with Crippen LogP contribution in [0.1, 0.15) is 6.42 Å². The predicted octanol–water partition coefficient (Wildman–Crippen LogP) is 1.64. The van der Waals surface area contributed by atoms with Crippen LogP contribution in [0, 0.1) is 5.41 Å². The minimum absolute atomic E-state index is 0.00103. The van der Waals surface area contributed by atoms with Gasteiger partial charge >= 0.3 is 0 Å². The van der Waals surface area contributed by atoms with E-state index in [0.717, 1.165) is 29.9 Å². The van der Waals surface area contributed by atoms with Crippen LogP contribution in [-0.4, -0.2) is 42.9 Å². The van der Waals surface area contributed by atoms with Crippen LogP contribution >= 0.6 is 0 Å². The van der Waals surface area contributed by atoms with Crippen molar-refractivity contribution in [2.24, 2.45) is 5.41 Å². The van der Waals surface area contributed by atoms with Crippen molar-refractivity contribution in [1.82, 2.24) is 15.5 Å². The van der Waals surface area contributed by atoms with Gasteiger partial charge in [0.15, 0.2) is 0 Å².